The monoisotopic (exact) mass is 528 g/mol. The maximum absolute atomic E-state index is 14.4. The lowest BCUT2D eigenvalue weighted by Gasteiger charge is -2.42. The van der Waals surface area contributed by atoms with Crippen LogP contribution in [0, 0.1) is 0 Å². The number of hydrogen-bond acceptors (Lipinski definition) is 5. The average molecular weight is 529 g/mol. The molecule has 3 aromatic rings. The van der Waals surface area contributed by atoms with Crippen molar-refractivity contribution in [2.75, 3.05) is 27.9 Å². The van der Waals surface area contributed by atoms with Crippen molar-refractivity contribution < 1.29 is 23.8 Å². The normalized spacial score (nSPS) is 20.1. The zero-order chi connectivity index (χ0) is 27.5. The van der Waals surface area contributed by atoms with Gasteiger partial charge in [-0.1, -0.05) is 49.4 Å². The van der Waals surface area contributed by atoms with E-state index in [1.807, 2.05) is 54.3 Å². The minimum absolute atomic E-state index is 0.0764. The number of methoxy groups -OCH3 is 3. The summed E-state index contributed by atoms with van der Waals surface area (Å²) in [4.78, 5) is 30.0. The molecule has 2 aliphatic rings. The van der Waals surface area contributed by atoms with Crippen molar-refractivity contribution >= 4 is 11.8 Å². The SMILES string of the molecule is CCCN1C(=O)c2ccccc2[C@H](C(=O)N[C@@H]2CCCc3ccccc32)[C@@H]1c1cc(OC)c(OC)c(OC)c1. The summed E-state index contributed by atoms with van der Waals surface area (Å²) >= 11 is 0. The van der Waals surface area contributed by atoms with Gasteiger partial charge in [-0.15, -0.1) is 0 Å². The Bertz CT molecular complexity index is 1350. The number of nitrogens with one attached hydrogen (secondary N) is 1. The molecule has 0 fully saturated rings. The molecular formula is C32H36N2O5. The lowest BCUT2D eigenvalue weighted by molar-refractivity contribution is -0.125. The molecule has 1 aliphatic heterocycles. The first-order valence-corrected chi connectivity index (χ1v) is 13.6. The Morgan fingerprint density at radius 2 is 1.62 bits per heavy atom. The van der Waals surface area contributed by atoms with Crippen LogP contribution in [0.4, 0.5) is 0 Å². The molecule has 204 valence electrons. The number of benzene rings is 3. The maximum Gasteiger partial charge on any atom is 0.254 e. The summed E-state index contributed by atoms with van der Waals surface area (Å²) in [5, 5.41) is 3.38. The third-order valence-corrected chi connectivity index (χ3v) is 7.90. The van der Waals surface area contributed by atoms with Gasteiger partial charge in [0, 0.05) is 12.1 Å². The number of aryl methyl sites for hydroxylation is 1. The molecule has 2 amide bonds. The fourth-order valence-corrected chi connectivity index (χ4v) is 6.17. The highest BCUT2D eigenvalue weighted by Crippen LogP contribution is 2.48. The Labute approximate surface area is 230 Å². The van der Waals surface area contributed by atoms with Crippen LogP contribution in [-0.2, 0) is 11.2 Å². The number of carbonyl (C=O) groups is 2. The largest absolute Gasteiger partial charge is 0.493 e. The molecule has 0 saturated carbocycles. The number of hydrogen-bond donors (Lipinski definition) is 1. The number of ether oxygens (including phenoxy) is 3. The van der Waals surface area contributed by atoms with E-state index in [2.05, 4.69) is 23.5 Å². The van der Waals surface area contributed by atoms with Crippen molar-refractivity contribution in [2.24, 2.45) is 0 Å². The van der Waals surface area contributed by atoms with E-state index >= 15 is 0 Å². The molecule has 3 aromatic carbocycles. The Balaban J connectivity index is 1.64. The third-order valence-electron chi connectivity index (χ3n) is 7.90. The van der Waals surface area contributed by atoms with E-state index in [0.29, 0.717) is 29.4 Å². The van der Waals surface area contributed by atoms with Crippen LogP contribution < -0.4 is 19.5 Å². The Morgan fingerprint density at radius 1 is 0.949 bits per heavy atom. The Morgan fingerprint density at radius 3 is 2.28 bits per heavy atom. The second-order valence-electron chi connectivity index (χ2n) is 10.1. The van der Waals surface area contributed by atoms with Crippen molar-refractivity contribution in [3.05, 3.63) is 88.5 Å². The summed E-state index contributed by atoms with van der Waals surface area (Å²) in [6.07, 6.45) is 3.66. The van der Waals surface area contributed by atoms with E-state index in [-0.39, 0.29) is 17.9 Å². The molecule has 7 nitrogen and oxygen atoms in total. The minimum atomic E-state index is -0.623. The van der Waals surface area contributed by atoms with Crippen LogP contribution in [0.25, 0.3) is 0 Å². The van der Waals surface area contributed by atoms with Gasteiger partial charge in [-0.05, 0) is 66.1 Å². The summed E-state index contributed by atoms with van der Waals surface area (Å²) in [5.74, 6) is 0.621. The summed E-state index contributed by atoms with van der Waals surface area (Å²) in [5.41, 5.74) is 4.51. The van der Waals surface area contributed by atoms with Gasteiger partial charge in [0.05, 0.1) is 39.3 Å². The van der Waals surface area contributed by atoms with Crippen molar-refractivity contribution in [3.8, 4) is 17.2 Å². The molecule has 7 heteroatoms. The molecule has 3 atom stereocenters. The van der Waals surface area contributed by atoms with Gasteiger partial charge in [-0.25, -0.2) is 0 Å². The second kappa shape index (κ2) is 11.4. The number of rotatable bonds is 8. The number of amides is 2. The summed E-state index contributed by atoms with van der Waals surface area (Å²) in [6.45, 7) is 2.54. The fourth-order valence-electron chi connectivity index (χ4n) is 6.17. The van der Waals surface area contributed by atoms with E-state index in [1.165, 1.54) is 11.1 Å². The first-order valence-electron chi connectivity index (χ1n) is 13.6. The van der Waals surface area contributed by atoms with Crippen LogP contribution in [0.15, 0.2) is 60.7 Å². The predicted molar refractivity (Wildman–Crippen MR) is 150 cm³/mol. The minimum Gasteiger partial charge on any atom is -0.493 e. The van der Waals surface area contributed by atoms with Gasteiger partial charge in [0.15, 0.2) is 11.5 Å². The fraction of sp³-hybridized carbons (Fsp3) is 0.375. The zero-order valence-electron chi connectivity index (χ0n) is 23.0. The second-order valence-corrected chi connectivity index (χ2v) is 10.1. The molecule has 0 aromatic heterocycles. The van der Waals surface area contributed by atoms with Gasteiger partial charge >= 0.3 is 0 Å². The molecule has 1 N–H and O–H groups in total. The number of carbonyl (C=O) groups excluding carboxylic acids is 2. The summed E-state index contributed by atoms with van der Waals surface area (Å²) < 4.78 is 16.8. The molecule has 0 spiro atoms. The zero-order valence-corrected chi connectivity index (χ0v) is 23.0. The molecular weight excluding hydrogens is 492 g/mol. The molecule has 0 saturated heterocycles. The van der Waals surface area contributed by atoms with E-state index in [1.54, 1.807) is 21.3 Å². The van der Waals surface area contributed by atoms with Crippen LogP contribution in [0.5, 0.6) is 17.2 Å². The van der Waals surface area contributed by atoms with Crippen LogP contribution in [0.3, 0.4) is 0 Å². The van der Waals surface area contributed by atoms with Gasteiger partial charge in [0.2, 0.25) is 11.7 Å². The van der Waals surface area contributed by atoms with Gasteiger partial charge in [-0.2, -0.15) is 0 Å². The number of nitrogens with zero attached hydrogens (tertiary/aromatic N) is 1. The standard InChI is InChI=1S/C32H36N2O5/c1-5-17-34-29(21-18-26(37-2)30(39-4)27(19-21)38-3)28(23-14-8-9-15-24(23)32(34)36)31(35)33-25-16-10-12-20-11-6-7-13-22(20)25/h6-9,11,13-15,18-19,25,28-29H,5,10,12,16-17H2,1-4H3,(H,33,35)/t25-,28+,29+/m1/s1. The van der Waals surface area contributed by atoms with Gasteiger partial charge in [0.25, 0.3) is 5.91 Å². The molecule has 5 rings (SSSR count). The van der Waals surface area contributed by atoms with Crippen LogP contribution in [0.1, 0.15) is 76.8 Å². The van der Waals surface area contributed by atoms with Crippen molar-refractivity contribution in [1.82, 2.24) is 10.2 Å². The van der Waals surface area contributed by atoms with Crippen molar-refractivity contribution in [3.63, 3.8) is 0 Å². The molecule has 39 heavy (non-hydrogen) atoms. The van der Waals surface area contributed by atoms with Crippen LogP contribution in [0.2, 0.25) is 0 Å². The summed E-state index contributed by atoms with van der Waals surface area (Å²) in [7, 11) is 4.69. The smallest absolute Gasteiger partial charge is 0.254 e. The van der Waals surface area contributed by atoms with Gasteiger partial charge in [0.1, 0.15) is 0 Å². The lowest BCUT2D eigenvalue weighted by Crippen LogP contribution is -2.48. The van der Waals surface area contributed by atoms with E-state index in [4.69, 9.17) is 14.2 Å². The lowest BCUT2D eigenvalue weighted by atomic mass is 9.78. The topological polar surface area (TPSA) is 77.1 Å². The highest BCUT2D eigenvalue weighted by molar-refractivity contribution is 6.01. The number of fused-ring (bicyclic) bond motifs is 2. The van der Waals surface area contributed by atoms with Crippen LogP contribution in [-0.4, -0.2) is 44.6 Å². The predicted octanol–water partition coefficient (Wildman–Crippen LogP) is 5.60. The Hall–Kier alpha value is -4.00. The van der Waals surface area contributed by atoms with E-state index in [9.17, 15) is 9.59 Å². The maximum atomic E-state index is 14.4. The van der Waals surface area contributed by atoms with Gasteiger partial charge in [-0.3, -0.25) is 9.59 Å². The highest BCUT2D eigenvalue weighted by Gasteiger charge is 2.45. The molecule has 0 bridgehead atoms. The Kier molecular flexibility index (Phi) is 7.77. The first-order chi connectivity index (χ1) is 19.0. The van der Waals surface area contributed by atoms with Crippen molar-refractivity contribution in [1.29, 1.82) is 0 Å². The van der Waals surface area contributed by atoms with Crippen LogP contribution >= 0.6 is 0 Å². The molecule has 1 heterocycles. The van der Waals surface area contributed by atoms with Gasteiger partial charge < -0.3 is 24.4 Å². The quantitative estimate of drug-likeness (QED) is 0.412. The van der Waals surface area contributed by atoms with Crippen molar-refractivity contribution in [2.45, 2.75) is 50.6 Å². The van der Waals surface area contributed by atoms with E-state index in [0.717, 1.165) is 36.8 Å². The highest BCUT2D eigenvalue weighted by atomic mass is 16.5. The first kappa shape index (κ1) is 26.6. The molecule has 1 aliphatic carbocycles. The molecule has 0 radical (unpaired) electrons. The molecule has 0 unspecified atom stereocenters. The van der Waals surface area contributed by atoms with E-state index < -0.39 is 12.0 Å². The third kappa shape index (κ3) is 4.82. The summed E-state index contributed by atoms with van der Waals surface area (Å²) in [6, 6.07) is 18.9. The average Bonchev–Trinajstić information content (AvgIpc) is 2.97.